The molecule has 0 N–H and O–H groups in total. The molecule has 0 radical (unpaired) electrons. The normalized spacial score (nSPS) is 22.4. The molecule has 33 heavy (non-hydrogen) atoms. The Labute approximate surface area is 207 Å². The van der Waals surface area contributed by atoms with Gasteiger partial charge in [0, 0.05) is 0 Å². The van der Waals surface area contributed by atoms with E-state index in [1.807, 2.05) is 0 Å². The average molecular weight is 579 g/mol. The Kier molecular flexibility index (Phi) is 6.27. The van der Waals surface area contributed by atoms with E-state index in [-0.39, 0.29) is 7.25 Å². The molecule has 0 amide bonds. The van der Waals surface area contributed by atoms with Crippen molar-refractivity contribution in [2.45, 2.75) is 78.2 Å². The number of hydrogen-bond acceptors (Lipinski definition) is 0. The number of fused-ring (bicyclic) bond motifs is 2. The first-order valence-corrected chi connectivity index (χ1v) is 31.0. The van der Waals surface area contributed by atoms with Gasteiger partial charge in [-0.15, -0.1) is 0 Å². The standard InChI is InChI=1S/2C13H15.C2H5.CH5Si.2ClH.Zr/c2*1-9(2)12-6-4-5-11-7-10(3)8-13(11)12;2*1-2;;;/h2*4-9H,1-3H3;1H2,2H3;2H2,1H3;2*1H;/q;;;;;;+2/p-2. The molecule has 0 fully saturated rings. The van der Waals surface area contributed by atoms with E-state index in [0.717, 1.165) is 4.13 Å². The van der Waals surface area contributed by atoms with Crippen LogP contribution in [0.5, 0.6) is 0 Å². The molecule has 0 aliphatic heterocycles. The van der Waals surface area contributed by atoms with E-state index < -0.39 is 20.7 Å². The molecule has 2 unspecified atom stereocenters. The topological polar surface area (TPSA) is 0 Å². The molecule has 4 heteroatoms. The van der Waals surface area contributed by atoms with Crippen molar-refractivity contribution in [1.29, 1.82) is 0 Å². The second-order valence-corrected chi connectivity index (χ2v) is 65.5. The first-order valence-electron chi connectivity index (χ1n) is 12.8. The molecule has 2 aromatic carbocycles. The summed E-state index contributed by atoms with van der Waals surface area (Å²) in [5, 5.41) is 0. The number of hydrogen-bond donors (Lipinski definition) is 0. The summed E-state index contributed by atoms with van der Waals surface area (Å²) >= 11 is -5.02. The summed E-state index contributed by atoms with van der Waals surface area (Å²) in [5.74, 6) is 0.957. The summed E-state index contributed by atoms with van der Waals surface area (Å²) in [6.07, 6.45) is 4.85. The maximum absolute atomic E-state index is 8.49. The van der Waals surface area contributed by atoms with Gasteiger partial charge in [0.1, 0.15) is 0 Å². The zero-order valence-corrected chi connectivity index (χ0v) is 27.0. The van der Waals surface area contributed by atoms with Crippen LogP contribution < -0.4 is 0 Å². The molecule has 4 rings (SSSR count). The Hall–Kier alpha value is -0.400. The minimum absolute atomic E-state index is 0.173. The molecular formula is C29H40Cl2SiZr. The molecule has 178 valence electrons. The molecule has 2 aliphatic rings. The van der Waals surface area contributed by atoms with E-state index in [2.05, 4.69) is 104 Å². The monoisotopic (exact) mass is 576 g/mol. The third-order valence-electron chi connectivity index (χ3n) is 9.31. The second kappa shape index (κ2) is 8.06. The van der Waals surface area contributed by atoms with Gasteiger partial charge < -0.3 is 0 Å². The molecule has 0 heterocycles. The molecule has 0 saturated heterocycles. The molecule has 2 aromatic rings. The average Bonchev–Trinajstić information content (AvgIpc) is 3.30. The first-order chi connectivity index (χ1) is 15.3. The Morgan fingerprint density at radius 2 is 1.18 bits per heavy atom. The fourth-order valence-electron chi connectivity index (χ4n) is 7.50. The van der Waals surface area contributed by atoms with Crippen LogP contribution in [0.15, 0.2) is 47.5 Å². The van der Waals surface area contributed by atoms with Crippen molar-refractivity contribution in [2.75, 3.05) is 0 Å². The fraction of sp³-hybridized carbons (Fsp3) is 0.448. The van der Waals surface area contributed by atoms with Gasteiger partial charge in [-0.05, 0) is 0 Å². The van der Waals surface area contributed by atoms with Crippen molar-refractivity contribution in [3.05, 3.63) is 80.9 Å². The number of halogens is 2. The molecular weight excluding hydrogens is 539 g/mol. The third kappa shape index (κ3) is 3.45. The summed E-state index contributed by atoms with van der Waals surface area (Å²) in [7, 11) is 17.0. The van der Waals surface area contributed by atoms with Crippen LogP contribution in [0.4, 0.5) is 0 Å². The van der Waals surface area contributed by atoms with Gasteiger partial charge in [-0.25, -0.2) is 0 Å². The van der Waals surface area contributed by atoms with Crippen LogP contribution in [0.3, 0.4) is 0 Å². The fourth-order valence-corrected chi connectivity index (χ4v) is 46.6. The van der Waals surface area contributed by atoms with E-state index in [9.17, 15) is 0 Å². The van der Waals surface area contributed by atoms with Crippen molar-refractivity contribution in [3.63, 3.8) is 0 Å². The molecule has 2 atom stereocenters. The second-order valence-electron chi connectivity index (χ2n) is 11.6. The Bertz CT molecular complexity index is 1110. The zero-order chi connectivity index (χ0) is 24.4. The molecule has 0 bridgehead atoms. The minimum atomic E-state index is -5.02. The predicted molar refractivity (Wildman–Crippen MR) is 150 cm³/mol. The van der Waals surface area contributed by atoms with Gasteiger partial charge in [0.05, 0.1) is 0 Å². The van der Waals surface area contributed by atoms with E-state index in [1.165, 1.54) is 44.5 Å². The van der Waals surface area contributed by atoms with E-state index in [4.69, 9.17) is 17.0 Å². The van der Waals surface area contributed by atoms with E-state index in [0.29, 0.717) is 11.8 Å². The van der Waals surface area contributed by atoms with Crippen LogP contribution in [0.25, 0.3) is 12.2 Å². The van der Waals surface area contributed by atoms with Gasteiger partial charge in [-0.1, -0.05) is 0 Å². The summed E-state index contributed by atoms with van der Waals surface area (Å²) in [6, 6.07) is 13.7. The quantitative estimate of drug-likeness (QED) is 0.299. The molecule has 2 aliphatic carbocycles. The van der Waals surface area contributed by atoms with Gasteiger partial charge in [0.15, 0.2) is 0 Å². The molecule has 0 aromatic heterocycles. The van der Waals surface area contributed by atoms with Crippen LogP contribution in [-0.4, -0.2) is 6.65 Å². The van der Waals surface area contributed by atoms with Crippen LogP contribution in [-0.2, 0) is 14.1 Å². The van der Waals surface area contributed by atoms with Gasteiger partial charge in [0.2, 0.25) is 0 Å². The number of benzene rings is 2. The van der Waals surface area contributed by atoms with Crippen molar-refractivity contribution in [3.8, 4) is 0 Å². The van der Waals surface area contributed by atoms with Gasteiger partial charge >= 0.3 is 209 Å². The SMILES string of the molecule is C[CH2][Zr]([Cl])([Cl])([SiH2]C)([CH]1C(C)=Cc2c(C(C)C)cccc21)[CH]1C(C)=Cc2c(C(C)C)cccc21. The number of allylic oxidation sites excluding steroid dienone is 2. The summed E-state index contributed by atoms with van der Waals surface area (Å²) < 4.78 is 1.26. The van der Waals surface area contributed by atoms with Crippen LogP contribution >= 0.6 is 17.0 Å². The van der Waals surface area contributed by atoms with Crippen molar-refractivity contribution in [2.24, 2.45) is 0 Å². The van der Waals surface area contributed by atoms with Crippen LogP contribution in [0.2, 0.25) is 10.7 Å². The molecule has 0 nitrogen and oxygen atoms in total. The Morgan fingerprint density at radius 3 is 1.48 bits per heavy atom. The number of rotatable bonds is 6. The van der Waals surface area contributed by atoms with E-state index in [1.54, 1.807) is 0 Å². The maximum atomic E-state index is 8.49. The third-order valence-corrected chi connectivity index (χ3v) is 66.5. The zero-order valence-electron chi connectivity index (χ0n) is 21.6. The first kappa shape index (κ1) is 25.7. The Morgan fingerprint density at radius 1 is 0.788 bits per heavy atom. The van der Waals surface area contributed by atoms with Crippen molar-refractivity contribution in [1.82, 2.24) is 0 Å². The summed E-state index contributed by atoms with van der Waals surface area (Å²) in [4.78, 5) is 0. The van der Waals surface area contributed by atoms with Gasteiger partial charge in [0.25, 0.3) is 0 Å². The Balaban J connectivity index is 2.06. The summed E-state index contributed by atoms with van der Waals surface area (Å²) in [6.45, 7) is 17.7. The van der Waals surface area contributed by atoms with Crippen molar-refractivity contribution >= 4 is 35.8 Å². The molecule has 0 saturated carbocycles. The van der Waals surface area contributed by atoms with E-state index >= 15 is 0 Å². The van der Waals surface area contributed by atoms with Crippen molar-refractivity contribution < 1.29 is 14.1 Å². The predicted octanol–water partition coefficient (Wildman–Crippen LogP) is 9.65. The van der Waals surface area contributed by atoms with Gasteiger partial charge in [-0.3, -0.25) is 0 Å². The van der Waals surface area contributed by atoms with Crippen LogP contribution in [0, 0.1) is 0 Å². The molecule has 0 spiro atoms. The van der Waals surface area contributed by atoms with Gasteiger partial charge in [-0.2, -0.15) is 0 Å². The van der Waals surface area contributed by atoms with Crippen LogP contribution in [0.1, 0.15) is 101 Å². The summed E-state index contributed by atoms with van der Waals surface area (Å²) in [5.41, 5.74) is 11.2.